The van der Waals surface area contributed by atoms with Gasteiger partial charge in [0, 0.05) is 22.6 Å². The first-order chi connectivity index (χ1) is 13.7. The van der Waals surface area contributed by atoms with Crippen LogP contribution in [0.2, 0.25) is 5.02 Å². The fraction of sp³-hybridized carbons (Fsp3) is 0.300. The number of halogens is 1. The largest absolute Gasteiger partial charge is 0.497 e. The number of hydrogen-bond donors (Lipinski definition) is 2. The molecule has 0 heterocycles. The average Bonchev–Trinajstić information content (AvgIpc) is 2.67. The molecule has 29 heavy (non-hydrogen) atoms. The molecule has 0 saturated heterocycles. The van der Waals surface area contributed by atoms with Gasteiger partial charge < -0.3 is 14.9 Å². The van der Waals surface area contributed by atoms with E-state index in [-0.39, 0.29) is 29.1 Å². The molecule has 2 aromatic carbocycles. The highest BCUT2D eigenvalue weighted by atomic mass is 35.5. The zero-order valence-electron chi connectivity index (χ0n) is 15.8. The molecule has 0 radical (unpaired) electrons. The Bertz CT molecular complexity index is 913. The molecule has 0 saturated carbocycles. The highest BCUT2D eigenvalue weighted by Crippen LogP contribution is 2.44. The maximum Gasteiger partial charge on any atom is 0.321 e. The quantitative estimate of drug-likeness (QED) is 0.353. The van der Waals surface area contributed by atoms with Crippen molar-refractivity contribution in [1.82, 2.24) is 0 Å². The summed E-state index contributed by atoms with van der Waals surface area (Å²) in [7, 11) is 1.46. The molecule has 0 aliphatic heterocycles. The second-order valence-corrected chi connectivity index (χ2v) is 6.93. The van der Waals surface area contributed by atoms with Gasteiger partial charge in [0.2, 0.25) is 0 Å². The highest BCUT2D eigenvalue weighted by molar-refractivity contribution is 6.30. The molecule has 0 amide bonds. The van der Waals surface area contributed by atoms with E-state index < -0.39 is 28.2 Å². The first-order valence-electron chi connectivity index (χ1n) is 8.70. The summed E-state index contributed by atoms with van der Waals surface area (Å²) in [4.78, 5) is 35.1. The number of carboxylic acids is 2. The lowest BCUT2D eigenvalue weighted by Crippen LogP contribution is -2.45. The molecule has 0 bridgehead atoms. The van der Waals surface area contributed by atoms with Gasteiger partial charge in [0.25, 0.3) is 5.69 Å². The van der Waals surface area contributed by atoms with Crippen molar-refractivity contribution in [3.8, 4) is 5.75 Å². The molecule has 2 aromatic rings. The van der Waals surface area contributed by atoms with E-state index in [1.54, 1.807) is 24.3 Å². The molecular formula is C20H20ClNO7. The van der Waals surface area contributed by atoms with Crippen LogP contribution in [0.4, 0.5) is 5.69 Å². The van der Waals surface area contributed by atoms with Gasteiger partial charge in [-0.1, -0.05) is 30.7 Å². The molecule has 9 heteroatoms. The van der Waals surface area contributed by atoms with Gasteiger partial charge in [0.05, 0.1) is 12.0 Å². The van der Waals surface area contributed by atoms with Gasteiger partial charge in [-0.3, -0.25) is 19.7 Å². The molecule has 0 aromatic heterocycles. The lowest BCUT2D eigenvalue weighted by molar-refractivity contribution is -0.385. The van der Waals surface area contributed by atoms with Crippen LogP contribution in [0, 0.1) is 15.5 Å². The van der Waals surface area contributed by atoms with Gasteiger partial charge in [0.15, 0.2) is 5.41 Å². The lowest BCUT2D eigenvalue weighted by atomic mass is 9.67. The van der Waals surface area contributed by atoms with Crippen molar-refractivity contribution in [1.29, 1.82) is 0 Å². The van der Waals surface area contributed by atoms with Crippen molar-refractivity contribution in [2.24, 2.45) is 5.41 Å². The average molecular weight is 422 g/mol. The number of carbonyl (C=O) groups is 2. The summed E-state index contributed by atoms with van der Waals surface area (Å²) in [5.41, 5.74) is -1.88. The van der Waals surface area contributed by atoms with Crippen LogP contribution >= 0.6 is 11.6 Å². The van der Waals surface area contributed by atoms with E-state index in [4.69, 9.17) is 16.3 Å². The Kier molecular flexibility index (Phi) is 6.81. The number of nitrogens with zero attached hydrogens (tertiary/aromatic N) is 1. The number of rotatable bonds is 9. The summed E-state index contributed by atoms with van der Waals surface area (Å²) in [5, 5.41) is 31.4. The van der Waals surface area contributed by atoms with Crippen molar-refractivity contribution in [3.05, 3.63) is 68.7 Å². The van der Waals surface area contributed by atoms with Crippen LogP contribution in [-0.4, -0.2) is 34.2 Å². The van der Waals surface area contributed by atoms with Gasteiger partial charge in [-0.05, 0) is 42.7 Å². The van der Waals surface area contributed by atoms with Crippen molar-refractivity contribution in [2.45, 2.75) is 25.7 Å². The Morgan fingerprint density at radius 1 is 1.17 bits per heavy atom. The second-order valence-electron chi connectivity index (χ2n) is 6.50. The molecule has 0 aliphatic rings. The third-order valence-corrected chi connectivity index (χ3v) is 5.33. The summed E-state index contributed by atoms with van der Waals surface area (Å²) < 4.78 is 5.10. The van der Waals surface area contributed by atoms with E-state index in [9.17, 15) is 29.9 Å². The normalized spacial score (nSPS) is 12.2. The third-order valence-electron chi connectivity index (χ3n) is 5.10. The smallest absolute Gasteiger partial charge is 0.321 e. The number of aliphatic carboxylic acids is 2. The first kappa shape index (κ1) is 22.2. The number of methoxy groups -OCH3 is 1. The fourth-order valence-corrected chi connectivity index (χ4v) is 3.66. The molecule has 0 spiro atoms. The van der Waals surface area contributed by atoms with Crippen LogP contribution in [0.15, 0.2) is 42.5 Å². The molecular weight excluding hydrogens is 402 g/mol. The minimum atomic E-state index is -2.19. The Morgan fingerprint density at radius 2 is 1.76 bits per heavy atom. The standard InChI is InChI=1S/C20H20ClNO7/c1-3-20(18(23)24,19(25)26)16(12-4-7-15(29-2)8-5-12)11-13-10-14(21)6-9-17(13)22(27)28/h4-10,16H,3,11H2,1-2H3,(H,23,24)(H,25,26). The van der Waals surface area contributed by atoms with Crippen molar-refractivity contribution >= 4 is 29.2 Å². The van der Waals surface area contributed by atoms with E-state index in [1.165, 1.54) is 32.2 Å². The Labute approximate surface area is 171 Å². The van der Waals surface area contributed by atoms with E-state index in [1.807, 2.05) is 0 Å². The monoisotopic (exact) mass is 421 g/mol. The summed E-state index contributed by atoms with van der Waals surface area (Å²) >= 11 is 5.99. The predicted octanol–water partition coefficient (Wildman–Crippen LogP) is 4.15. The van der Waals surface area contributed by atoms with Gasteiger partial charge in [-0.25, -0.2) is 0 Å². The molecule has 2 rings (SSSR count). The highest BCUT2D eigenvalue weighted by Gasteiger charge is 2.52. The number of carboxylic acid groups (broad SMARTS) is 2. The van der Waals surface area contributed by atoms with Gasteiger partial charge in [-0.15, -0.1) is 0 Å². The van der Waals surface area contributed by atoms with Crippen LogP contribution < -0.4 is 4.74 Å². The number of benzene rings is 2. The molecule has 0 aliphatic carbocycles. The minimum absolute atomic E-state index is 0.156. The topological polar surface area (TPSA) is 127 Å². The van der Waals surface area contributed by atoms with E-state index in [2.05, 4.69) is 0 Å². The second kappa shape index (κ2) is 8.91. The molecule has 154 valence electrons. The predicted molar refractivity (Wildman–Crippen MR) is 106 cm³/mol. The zero-order valence-corrected chi connectivity index (χ0v) is 16.5. The maximum atomic E-state index is 12.1. The van der Waals surface area contributed by atoms with Gasteiger partial charge in [0.1, 0.15) is 5.75 Å². The molecule has 1 unspecified atom stereocenters. The van der Waals surface area contributed by atoms with Crippen LogP contribution in [0.5, 0.6) is 5.75 Å². The number of nitro benzene ring substituents is 1. The van der Waals surface area contributed by atoms with Crippen LogP contribution in [-0.2, 0) is 16.0 Å². The summed E-state index contributed by atoms with van der Waals surface area (Å²) in [6.07, 6.45) is -0.418. The van der Waals surface area contributed by atoms with Crippen LogP contribution in [0.3, 0.4) is 0 Å². The van der Waals surface area contributed by atoms with Crippen molar-refractivity contribution in [3.63, 3.8) is 0 Å². The Balaban J connectivity index is 2.71. The number of nitro groups is 1. The molecule has 1 atom stereocenters. The van der Waals surface area contributed by atoms with Crippen LogP contribution in [0.25, 0.3) is 0 Å². The molecule has 0 fully saturated rings. The molecule has 2 N–H and O–H groups in total. The van der Waals surface area contributed by atoms with Crippen molar-refractivity contribution in [2.75, 3.05) is 7.11 Å². The number of hydrogen-bond acceptors (Lipinski definition) is 5. The SMILES string of the molecule is CCC(C(=O)O)(C(=O)O)C(Cc1cc(Cl)ccc1[N+](=O)[O-])c1ccc(OC)cc1. The van der Waals surface area contributed by atoms with Crippen LogP contribution in [0.1, 0.15) is 30.4 Å². The lowest BCUT2D eigenvalue weighted by Gasteiger charge is -2.33. The Morgan fingerprint density at radius 3 is 2.21 bits per heavy atom. The summed E-state index contributed by atoms with van der Waals surface area (Å²) in [6.45, 7) is 1.46. The van der Waals surface area contributed by atoms with E-state index >= 15 is 0 Å². The van der Waals surface area contributed by atoms with Crippen molar-refractivity contribution < 1.29 is 29.5 Å². The summed E-state index contributed by atoms with van der Waals surface area (Å²) in [6, 6.07) is 10.2. The first-order valence-corrected chi connectivity index (χ1v) is 9.08. The van der Waals surface area contributed by atoms with Gasteiger partial charge in [-0.2, -0.15) is 0 Å². The maximum absolute atomic E-state index is 12.1. The van der Waals surface area contributed by atoms with E-state index in [0.717, 1.165) is 0 Å². The number of ether oxygens (including phenoxy) is 1. The molecule has 8 nitrogen and oxygen atoms in total. The minimum Gasteiger partial charge on any atom is -0.497 e. The summed E-state index contributed by atoms with van der Waals surface area (Å²) in [5.74, 6) is -3.62. The Hall–Kier alpha value is -3.13. The third kappa shape index (κ3) is 4.32. The van der Waals surface area contributed by atoms with Gasteiger partial charge >= 0.3 is 11.9 Å². The fourth-order valence-electron chi connectivity index (χ4n) is 3.47. The zero-order chi connectivity index (χ0) is 21.8. The van der Waals surface area contributed by atoms with E-state index in [0.29, 0.717) is 11.3 Å².